The van der Waals surface area contributed by atoms with Gasteiger partial charge in [-0.15, -0.1) is 0 Å². The van der Waals surface area contributed by atoms with Crippen LogP contribution in [0.2, 0.25) is 0 Å². The van der Waals surface area contributed by atoms with Gasteiger partial charge in [0.1, 0.15) is 0 Å². The van der Waals surface area contributed by atoms with Crippen molar-refractivity contribution in [3.05, 3.63) is 34.9 Å². The molecule has 4 aliphatic rings. The van der Waals surface area contributed by atoms with Gasteiger partial charge in [-0.1, -0.05) is 39.0 Å². The van der Waals surface area contributed by atoms with Crippen molar-refractivity contribution < 1.29 is 0 Å². The second kappa shape index (κ2) is 4.61. The summed E-state index contributed by atoms with van der Waals surface area (Å²) in [6.07, 6.45) is 7.66. The fraction of sp³-hybridized carbons (Fsp3) is 0.714. The minimum atomic E-state index is 0.271. The third-order valence-corrected chi connectivity index (χ3v) is 6.67. The number of hydrogen-bond donors (Lipinski definition) is 0. The maximum atomic E-state index is 2.54. The largest absolute Gasteiger partial charge is 0.0584 e. The molecule has 0 saturated heterocycles. The highest BCUT2D eigenvalue weighted by atomic mass is 14.5. The van der Waals surface area contributed by atoms with Gasteiger partial charge >= 0.3 is 0 Å². The Hall–Kier alpha value is -0.780. The Morgan fingerprint density at radius 3 is 1.90 bits per heavy atom. The van der Waals surface area contributed by atoms with E-state index in [2.05, 4.69) is 45.9 Å². The first-order valence-electron chi connectivity index (χ1n) is 9.03. The molecule has 4 saturated carbocycles. The zero-order valence-electron chi connectivity index (χ0n) is 14.2. The molecular weight excluding hydrogens is 252 g/mol. The van der Waals surface area contributed by atoms with Gasteiger partial charge in [0.05, 0.1) is 0 Å². The smallest absolute Gasteiger partial charge is 0.0105 e. The summed E-state index contributed by atoms with van der Waals surface area (Å²) < 4.78 is 0. The summed E-state index contributed by atoms with van der Waals surface area (Å²) in [4.78, 5) is 0. The highest BCUT2D eigenvalue weighted by Crippen LogP contribution is 2.59. The lowest BCUT2D eigenvalue weighted by atomic mass is 9.50. The first-order chi connectivity index (χ1) is 9.91. The van der Waals surface area contributed by atoms with E-state index in [1.807, 2.05) is 0 Å². The van der Waals surface area contributed by atoms with Crippen LogP contribution in [0.3, 0.4) is 0 Å². The normalized spacial score (nSPS) is 38.0. The monoisotopic (exact) mass is 282 g/mol. The van der Waals surface area contributed by atoms with E-state index in [9.17, 15) is 0 Å². The quantitative estimate of drug-likeness (QED) is 0.607. The van der Waals surface area contributed by atoms with E-state index in [-0.39, 0.29) is 5.41 Å². The maximum absolute atomic E-state index is 2.54. The van der Waals surface area contributed by atoms with E-state index in [4.69, 9.17) is 0 Å². The number of hydrogen-bond acceptors (Lipinski definition) is 0. The second-order valence-corrected chi connectivity index (χ2v) is 9.28. The van der Waals surface area contributed by atoms with E-state index in [0.29, 0.717) is 0 Å². The predicted octanol–water partition coefficient (Wildman–Crippen LogP) is 5.83. The first kappa shape index (κ1) is 13.9. The molecule has 0 spiro atoms. The van der Waals surface area contributed by atoms with Crippen molar-refractivity contribution in [2.75, 3.05) is 0 Å². The summed E-state index contributed by atoms with van der Waals surface area (Å²) in [5, 5.41) is 0. The number of aryl methyl sites for hydroxylation is 1. The topological polar surface area (TPSA) is 0 Å². The Balaban J connectivity index is 1.66. The van der Waals surface area contributed by atoms with Crippen LogP contribution in [0.4, 0.5) is 0 Å². The third kappa shape index (κ3) is 2.26. The highest BCUT2D eigenvalue weighted by Gasteiger charge is 2.48. The van der Waals surface area contributed by atoms with Gasteiger partial charge in [-0.05, 0) is 90.7 Å². The van der Waals surface area contributed by atoms with E-state index in [1.54, 1.807) is 12.0 Å². The molecule has 4 bridgehead atoms. The lowest BCUT2D eigenvalue weighted by Gasteiger charge is -2.54. The maximum Gasteiger partial charge on any atom is -0.0105 e. The van der Waals surface area contributed by atoms with Crippen LogP contribution in [0.5, 0.6) is 0 Å². The van der Waals surface area contributed by atoms with Crippen LogP contribution < -0.4 is 0 Å². The molecule has 1 aromatic rings. The van der Waals surface area contributed by atoms with Crippen LogP contribution in [0, 0.1) is 30.6 Å². The fourth-order valence-corrected chi connectivity index (χ4v) is 6.21. The first-order valence-corrected chi connectivity index (χ1v) is 9.03. The van der Waals surface area contributed by atoms with Crippen LogP contribution in [-0.2, 0) is 5.41 Å². The molecule has 4 aliphatic carbocycles. The standard InChI is InChI=1S/C21H30/c1-13-7-16(5-6-19(13)21(2,3)4)20-17-9-14-8-15(11-17)12-18(20)10-14/h5-7,14-15,17-18,20H,8-12H2,1-4H3. The molecule has 0 amide bonds. The van der Waals surface area contributed by atoms with Crippen molar-refractivity contribution in [1.82, 2.24) is 0 Å². The van der Waals surface area contributed by atoms with Gasteiger partial charge in [0.15, 0.2) is 0 Å². The summed E-state index contributed by atoms with van der Waals surface area (Å²) in [5.41, 5.74) is 4.96. The van der Waals surface area contributed by atoms with Crippen molar-refractivity contribution in [2.24, 2.45) is 23.7 Å². The Labute approximate surface area is 130 Å². The average molecular weight is 282 g/mol. The minimum Gasteiger partial charge on any atom is -0.0584 e. The summed E-state index contributed by atoms with van der Waals surface area (Å²) in [6.45, 7) is 9.31. The molecule has 0 heterocycles. The van der Waals surface area contributed by atoms with Crippen LogP contribution in [0.15, 0.2) is 18.2 Å². The molecule has 0 heteroatoms. The molecule has 0 radical (unpaired) electrons. The lowest BCUT2D eigenvalue weighted by Crippen LogP contribution is -2.43. The molecule has 4 fully saturated rings. The molecule has 0 aliphatic heterocycles. The van der Waals surface area contributed by atoms with Crippen molar-refractivity contribution in [3.8, 4) is 0 Å². The van der Waals surface area contributed by atoms with Crippen LogP contribution >= 0.6 is 0 Å². The summed E-state index contributed by atoms with van der Waals surface area (Å²) >= 11 is 0. The highest BCUT2D eigenvalue weighted by molar-refractivity contribution is 5.38. The Morgan fingerprint density at radius 2 is 1.43 bits per heavy atom. The molecule has 0 atom stereocenters. The molecule has 0 nitrogen and oxygen atoms in total. The van der Waals surface area contributed by atoms with Crippen LogP contribution in [-0.4, -0.2) is 0 Å². The van der Waals surface area contributed by atoms with Crippen LogP contribution in [0.25, 0.3) is 0 Å². The lowest BCUT2D eigenvalue weighted by molar-refractivity contribution is -0.00280. The van der Waals surface area contributed by atoms with Gasteiger partial charge < -0.3 is 0 Å². The average Bonchev–Trinajstić information content (AvgIpc) is 2.35. The van der Waals surface area contributed by atoms with Crippen LogP contribution in [0.1, 0.15) is 75.5 Å². The Bertz CT molecular complexity index is 518. The second-order valence-electron chi connectivity index (χ2n) is 9.28. The Kier molecular flexibility index (Phi) is 3.04. The van der Waals surface area contributed by atoms with Gasteiger partial charge in [0.25, 0.3) is 0 Å². The SMILES string of the molecule is Cc1cc(C2C3CC4CC(C3)CC2C4)ccc1C(C)(C)C. The van der Waals surface area contributed by atoms with E-state index in [1.165, 1.54) is 36.8 Å². The van der Waals surface area contributed by atoms with Gasteiger partial charge in [-0.2, -0.15) is 0 Å². The number of rotatable bonds is 1. The zero-order chi connectivity index (χ0) is 14.8. The summed E-state index contributed by atoms with van der Waals surface area (Å²) in [5.74, 6) is 5.05. The minimum absolute atomic E-state index is 0.271. The fourth-order valence-electron chi connectivity index (χ4n) is 6.21. The molecule has 0 unspecified atom stereocenters. The van der Waals surface area contributed by atoms with Gasteiger partial charge in [0.2, 0.25) is 0 Å². The molecule has 114 valence electrons. The predicted molar refractivity (Wildman–Crippen MR) is 89.7 cm³/mol. The molecule has 5 rings (SSSR count). The molecule has 1 aromatic carbocycles. The Morgan fingerprint density at radius 1 is 0.857 bits per heavy atom. The van der Waals surface area contributed by atoms with Gasteiger partial charge in [0, 0.05) is 0 Å². The molecule has 0 N–H and O–H groups in total. The van der Waals surface area contributed by atoms with Crippen molar-refractivity contribution in [3.63, 3.8) is 0 Å². The van der Waals surface area contributed by atoms with Gasteiger partial charge in [-0.3, -0.25) is 0 Å². The third-order valence-electron chi connectivity index (χ3n) is 6.67. The number of benzene rings is 1. The van der Waals surface area contributed by atoms with Crippen molar-refractivity contribution in [1.29, 1.82) is 0 Å². The zero-order valence-corrected chi connectivity index (χ0v) is 14.2. The van der Waals surface area contributed by atoms with Crippen molar-refractivity contribution >= 4 is 0 Å². The van der Waals surface area contributed by atoms with E-state index in [0.717, 1.165) is 29.6 Å². The van der Waals surface area contributed by atoms with Gasteiger partial charge in [-0.25, -0.2) is 0 Å². The van der Waals surface area contributed by atoms with E-state index >= 15 is 0 Å². The molecule has 0 aromatic heterocycles. The van der Waals surface area contributed by atoms with Crippen molar-refractivity contribution in [2.45, 2.75) is 71.1 Å². The molecular formula is C21H30. The molecule has 21 heavy (non-hydrogen) atoms. The summed E-state index contributed by atoms with van der Waals surface area (Å²) in [6, 6.07) is 7.43. The van der Waals surface area contributed by atoms with E-state index < -0.39 is 0 Å². The summed E-state index contributed by atoms with van der Waals surface area (Å²) in [7, 11) is 0.